The zero-order chi connectivity index (χ0) is 41.7. The maximum atomic E-state index is 4.49. The van der Waals surface area contributed by atoms with Gasteiger partial charge in [0, 0.05) is 67.9 Å². The smallest absolute Gasteiger partial charge is 0.0887 e. The molecule has 0 unspecified atom stereocenters. The lowest BCUT2D eigenvalue weighted by Gasteiger charge is -2.18. The van der Waals surface area contributed by atoms with Crippen LogP contribution in [0.4, 0.5) is 11.4 Å². The second-order valence-corrected chi connectivity index (χ2v) is 15.6. The Kier molecular flexibility index (Phi) is 14.0. The highest BCUT2D eigenvalue weighted by Gasteiger charge is 2.13. The van der Waals surface area contributed by atoms with Crippen LogP contribution < -0.4 is 41.7 Å². The van der Waals surface area contributed by atoms with Gasteiger partial charge in [-0.05, 0) is 133 Å². The minimum Gasteiger partial charge on any atom is -0.279 e. The molecule has 4 aromatic rings. The van der Waals surface area contributed by atoms with Gasteiger partial charge in [-0.25, -0.2) is 0 Å². The highest BCUT2D eigenvalue weighted by molar-refractivity contribution is 5.49. The maximum Gasteiger partial charge on any atom is 0.0887 e. The second kappa shape index (κ2) is 19.3. The van der Waals surface area contributed by atoms with Gasteiger partial charge in [-0.2, -0.15) is 0 Å². The van der Waals surface area contributed by atoms with Gasteiger partial charge in [0.05, 0.1) is 11.4 Å². The quantitative estimate of drug-likeness (QED) is 0.112. The molecule has 0 amide bonds. The van der Waals surface area contributed by atoms with E-state index >= 15 is 0 Å². The van der Waals surface area contributed by atoms with E-state index in [9.17, 15) is 0 Å². The van der Waals surface area contributed by atoms with Crippen LogP contribution in [0.1, 0.15) is 80.4 Å². The molecule has 0 aromatic heterocycles. The molecule has 6 heteroatoms. The summed E-state index contributed by atoms with van der Waals surface area (Å²) >= 11 is 0. The van der Waals surface area contributed by atoms with Crippen LogP contribution in [0.2, 0.25) is 0 Å². The minimum absolute atomic E-state index is 0.0850. The summed E-state index contributed by atoms with van der Waals surface area (Å²) in [6.45, 7) is 24.3. The highest BCUT2D eigenvalue weighted by atomic mass is 15.5. The van der Waals surface area contributed by atoms with E-state index in [0.29, 0.717) is 21.8 Å². The molecule has 0 atom stereocenters. The molecule has 58 heavy (non-hydrogen) atoms. The Hall–Kier alpha value is -6.96. The number of fused-ring (bicyclic) bond motifs is 4. The second-order valence-electron chi connectivity index (χ2n) is 15.6. The van der Waals surface area contributed by atoms with Crippen molar-refractivity contribution >= 4 is 57.2 Å². The monoisotopic (exact) mass is 758 g/mol. The lowest BCUT2D eigenvalue weighted by atomic mass is 9.86. The predicted molar refractivity (Wildman–Crippen MR) is 236 cm³/mol. The van der Waals surface area contributed by atoms with Gasteiger partial charge < -0.3 is 0 Å². The van der Waals surface area contributed by atoms with Crippen LogP contribution in [-0.4, -0.2) is 36.2 Å². The van der Waals surface area contributed by atoms with Gasteiger partial charge in [-0.1, -0.05) is 110 Å². The molecule has 0 heterocycles. The summed E-state index contributed by atoms with van der Waals surface area (Å²) in [5, 5.41) is 27.6. The summed E-state index contributed by atoms with van der Waals surface area (Å²) in [4.78, 5) is 0. The van der Waals surface area contributed by atoms with E-state index in [1.54, 1.807) is 0 Å². The summed E-state index contributed by atoms with van der Waals surface area (Å²) in [5.41, 5.74) is 42.6. The highest BCUT2D eigenvalue weighted by Crippen LogP contribution is 2.20. The Bertz CT molecular complexity index is 3170. The van der Waals surface area contributed by atoms with E-state index in [2.05, 4.69) is 155 Å². The van der Waals surface area contributed by atoms with E-state index in [1.807, 2.05) is 86.2 Å². The molecule has 0 N–H and O–H groups in total. The first-order chi connectivity index (χ1) is 27.8. The van der Waals surface area contributed by atoms with Crippen molar-refractivity contribution in [2.75, 3.05) is 26.2 Å². The molecule has 1 aliphatic carbocycles. The first kappa shape index (κ1) is 42.2. The van der Waals surface area contributed by atoms with Gasteiger partial charge in [-0.3, -0.25) is 10.0 Å². The minimum atomic E-state index is -0.0860. The number of nitrogens with zero attached hydrogens (tertiary/aromatic N) is 6. The van der Waals surface area contributed by atoms with Crippen LogP contribution >= 0.6 is 0 Å². The molecule has 5 rings (SSSR count). The molecule has 0 spiro atoms. The summed E-state index contributed by atoms with van der Waals surface area (Å²) < 4.78 is 0. The van der Waals surface area contributed by atoms with Gasteiger partial charge in [0.25, 0.3) is 0 Å². The maximum absolute atomic E-state index is 4.49. The third-order valence-corrected chi connectivity index (χ3v) is 9.39. The van der Waals surface area contributed by atoms with Crippen LogP contribution in [-0.2, 0) is 10.8 Å². The molecule has 0 fully saturated rings. The third kappa shape index (κ3) is 11.5. The van der Waals surface area contributed by atoms with Crippen molar-refractivity contribution in [1.29, 1.82) is 0 Å². The van der Waals surface area contributed by atoms with E-state index in [-0.39, 0.29) is 10.8 Å². The Labute approximate surface area is 341 Å². The molecule has 1 aliphatic rings. The largest absolute Gasteiger partial charge is 0.279 e. The van der Waals surface area contributed by atoms with Gasteiger partial charge in [0.1, 0.15) is 0 Å². The lowest BCUT2D eigenvalue weighted by Crippen LogP contribution is -2.26. The molecule has 0 saturated heterocycles. The van der Waals surface area contributed by atoms with Gasteiger partial charge in [-0.15, -0.1) is 10.2 Å². The van der Waals surface area contributed by atoms with Crippen LogP contribution in [0.5, 0.6) is 0 Å². The van der Waals surface area contributed by atoms with Crippen molar-refractivity contribution in [1.82, 2.24) is 10.0 Å². The average molecular weight is 759 g/mol. The zero-order valence-corrected chi connectivity index (χ0v) is 35.4. The Balaban J connectivity index is 2.09. The summed E-state index contributed by atoms with van der Waals surface area (Å²) in [6.07, 6.45) is 0. The average Bonchev–Trinajstić information content (AvgIpc) is 3.20. The third-order valence-electron chi connectivity index (χ3n) is 9.39. The van der Waals surface area contributed by atoms with Gasteiger partial charge in [0.15, 0.2) is 0 Å². The lowest BCUT2D eigenvalue weighted by molar-refractivity contribution is 0.300. The summed E-state index contributed by atoms with van der Waals surface area (Å²) in [5.74, 6) is 0. The standard InChI is InChI=1S/C52H50N6/c1-11-57(12-2)55-53-49-33-29-41-24-23-40-28-32-47(51(5,6)7)35-43(40)20-17-18-22-45-38-50(54-56-58(13-3)14-4)34-30-42(45)25-26-46-36-48(52(8,9)10)31-27-39(46)19-15-16-21-44(41)37-49/h27-38H,11-14H2,1-10H3. The number of hydrogen-bond donors (Lipinski definition) is 0. The first-order valence-electron chi connectivity index (χ1n) is 19.8. The van der Waals surface area contributed by atoms with Crippen molar-refractivity contribution in [2.45, 2.75) is 80.1 Å². The van der Waals surface area contributed by atoms with Crippen molar-refractivity contribution in [3.05, 3.63) is 149 Å². The molecule has 0 saturated carbocycles. The molecular formula is C52H50N6. The molecular weight excluding hydrogens is 709 g/mol. The van der Waals surface area contributed by atoms with Gasteiger partial charge in [0.2, 0.25) is 0 Å². The molecule has 0 aliphatic heterocycles. The normalized spacial score (nSPS) is 11.8. The van der Waals surface area contributed by atoms with Crippen molar-refractivity contribution in [3.63, 3.8) is 0 Å². The topological polar surface area (TPSA) is 55.9 Å². The zero-order valence-electron chi connectivity index (χ0n) is 35.4. The molecule has 288 valence electrons. The molecule has 0 bridgehead atoms. The Morgan fingerprint density at radius 2 is 0.672 bits per heavy atom. The van der Waals surface area contributed by atoms with E-state index in [0.717, 1.165) is 68.6 Å². The Morgan fingerprint density at radius 1 is 0.379 bits per heavy atom. The van der Waals surface area contributed by atoms with Crippen molar-refractivity contribution in [2.24, 2.45) is 20.7 Å². The summed E-state index contributed by atoms with van der Waals surface area (Å²) in [7, 11) is 0. The fourth-order valence-corrected chi connectivity index (χ4v) is 5.65. The molecule has 6 nitrogen and oxygen atoms in total. The van der Waals surface area contributed by atoms with E-state index in [1.165, 1.54) is 0 Å². The fourth-order valence-electron chi connectivity index (χ4n) is 5.65. The van der Waals surface area contributed by atoms with E-state index < -0.39 is 0 Å². The van der Waals surface area contributed by atoms with Crippen LogP contribution in [0, 0.1) is 0 Å². The summed E-state index contributed by atoms with van der Waals surface area (Å²) in [6, 6.07) is 24.0. The Morgan fingerprint density at radius 3 is 1.03 bits per heavy atom. The first-order valence-corrected chi connectivity index (χ1v) is 19.8. The predicted octanol–water partition coefficient (Wildman–Crippen LogP) is 5.96. The van der Waals surface area contributed by atoms with Crippen LogP contribution in [0.25, 0.3) is 45.8 Å². The van der Waals surface area contributed by atoms with Crippen molar-refractivity contribution < 1.29 is 0 Å². The molecule has 0 radical (unpaired) electrons. The van der Waals surface area contributed by atoms with Crippen LogP contribution in [0.3, 0.4) is 0 Å². The number of benzene rings is 4. The molecule has 4 aromatic carbocycles. The van der Waals surface area contributed by atoms with Crippen molar-refractivity contribution in [3.8, 4) is 0 Å². The van der Waals surface area contributed by atoms with Crippen LogP contribution in [0.15, 0.2) is 116 Å². The number of rotatable bonds is 8. The fraction of sp³-hybridized carbons (Fsp3) is 0.308. The van der Waals surface area contributed by atoms with E-state index in [4.69, 9.17) is 0 Å². The SMILES string of the molecule is CCN(CC)N=Nc1ccc2c(c1)=C=C=C=C=c1ccc(C(C)(C)C)cc1=C=C=c1ccc(N=NN(CC)CC)cc1=C=C=C=C=c1cc(C(C)(C)C)ccc1=C=C=2. The number of hydrogen-bond acceptors (Lipinski definition) is 4. The van der Waals surface area contributed by atoms with Gasteiger partial charge >= 0.3 is 0 Å².